The average Bonchev–Trinajstić information content (AvgIpc) is 2.42. The molecule has 0 aliphatic rings. The van der Waals surface area contributed by atoms with Crippen LogP contribution in [0.2, 0.25) is 0 Å². The number of hydrogen-bond donors (Lipinski definition) is 1. The van der Waals surface area contributed by atoms with Crippen LogP contribution in [0, 0.1) is 5.92 Å². The lowest BCUT2D eigenvalue weighted by molar-refractivity contribution is -0.145. The lowest BCUT2D eigenvalue weighted by Crippen LogP contribution is -2.24. The molecule has 0 amide bonds. The van der Waals surface area contributed by atoms with E-state index in [1.54, 1.807) is 0 Å². The van der Waals surface area contributed by atoms with Gasteiger partial charge in [0.2, 0.25) is 0 Å². The highest BCUT2D eigenvalue weighted by atomic mass is 16.5. The number of carbonyl (C=O) groups excluding carboxylic acids is 1. The molecule has 0 saturated carbocycles. The minimum atomic E-state index is -0.0694. The monoisotopic (exact) mass is 286 g/mol. The number of carbonyl (C=O) groups is 1. The van der Waals surface area contributed by atoms with Crippen molar-refractivity contribution in [1.82, 2.24) is 10.2 Å². The summed E-state index contributed by atoms with van der Waals surface area (Å²) in [6.07, 6.45) is 6.28. The maximum absolute atomic E-state index is 11.6. The maximum atomic E-state index is 11.6. The molecule has 0 aromatic rings. The fourth-order valence-electron chi connectivity index (χ4n) is 2.02. The molecule has 0 rings (SSSR count). The minimum Gasteiger partial charge on any atom is -0.465 e. The normalized spacial score (nSPS) is 12.7. The molecule has 0 radical (unpaired) electrons. The van der Waals surface area contributed by atoms with Crippen molar-refractivity contribution in [3.63, 3.8) is 0 Å². The van der Waals surface area contributed by atoms with Crippen molar-refractivity contribution in [3.8, 4) is 0 Å². The molecular formula is C16H34N2O2. The quantitative estimate of drug-likeness (QED) is 0.417. The number of unbranched alkanes of at least 4 members (excludes halogenated alkanes) is 1. The Balaban J connectivity index is 3.48. The Morgan fingerprint density at radius 1 is 1.20 bits per heavy atom. The fourth-order valence-corrected chi connectivity index (χ4v) is 2.02. The molecule has 0 bridgehead atoms. The molecule has 0 spiro atoms. The second-order valence-corrected chi connectivity index (χ2v) is 5.76. The van der Waals surface area contributed by atoms with Gasteiger partial charge in [0.05, 0.1) is 13.0 Å². The summed E-state index contributed by atoms with van der Waals surface area (Å²) in [5.41, 5.74) is 0. The first kappa shape index (κ1) is 19.4. The smallest absolute Gasteiger partial charge is 0.307 e. The van der Waals surface area contributed by atoms with Crippen LogP contribution in [0.1, 0.15) is 52.4 Å². The molecule has 0 fully saturated rings. The Morgan fingerprint density at radius 3 is 2.55 bits per heavy atom. The van der Waals surface area contributed by atoms with E-state index in [-0.39, 0.29) is 5.97 Å². The van der Waals surface area contributed by atoms with Crippen LogP contribution in [-0.2, 0) is 9.53 Å². The molecule has 0 aromatic carbocycles. The van der Waals surface area contributed by atoms with Gasteiger partial charge in [0, 0.05) is 6.54 Å². The standard InChI is InChI=1S/C16H34N2O2/c1-5-7-9-15(6-2)14-20-16(19)10-12-17-11-8-13-18(3)4/h15,17H,5-14H2,1-4H3. The highest BCUT2D eigenvalue weighted by molar-refractivity contribution is 5.69. The molecule has 1 N–H and O–H groups in total. The van der Waals surface area contributed by atoms with Crippen LogP contribution in [0.4, 0.5) is 0 Å². The van der Waals surface area contributed by atoms with E-state index in [0.717, 1.165) is 32.5 Å². The van der Waals surface area contributed by atoms with E-state index < -0.39 is 0 Å². The molecular weight excluding hydrogens is 252 g/mol. The molecule has 1 unspecified atom stereocenters. The molecule has 0 saturated heterocycles. The van der Waals surface area contributed by atoms with Gasteiger partial charge in [0.1, 0.15) is 0 Å². The number of rotatable bonds is 13. The summed E-state index contributed by atoms with van der Waals surface area (Å²) in [6.45, 7) is 7.71. The van der Waals surface area contributed by atoms with E-state index in [4.69, 9.17) is 4.74 Å². The maximum Gasteiger partial charge on any atom is 0.307 e. The Labute approximate surface area is 125 Å². The van der Waals surface area contributed by atoms with Crippen molar-refractivity contribution in [2.24, 2.45) is 5.92 Å². The average molecular weight is 286 g/mol. The minimum absolute atomic E-state index is 0.0694. The number of ether oxygens (including phenoxy) is 1. The van der Waals surface area contributed by atoms with Crippen LogP contribution in [-0.4, -0.2) is 51.2 Å². The third-order valence-electron chi connectivity index (χ3n) is 3.49. The lowest BCUT2D eigenvalue weighted by atomic mass is 10.0. The predicted molar refractivity (Wildman–Crippen MR) is 84.9 cm³/mol. The number of nitrogens with one attached hydrogen (secondary N) is 1. The summed E-state index contributed by atoms with van der Waals surface area (Å²) < 4.78 is 5.35. The molecule has 0 aliphatic carbocycles. The van der Waals surface area contributed by atoms with E-state index in [9.17, 15) is 4.79 Å². The molecule has 120 valence electrons. The van der Waals surface area contributed by atoms with Gasteiger partial charge in [-0.2, -0.15) is 0 Å². The van der Waals surface area contributed by atoms with Gasteiger partial charge in [-0.25, -0.2) is 0 Å². The van der Waals surface area contributed by atoms with E-state index >= 15 is 0 Å². The van der Waals surface area contributed by atoms with Crippen molar-refractivity contribution >= 4 is 5.97 Å². The molecule has 0 aromatic heterocycles. The van der Waals surface area contributed by atoms with E-state index in [0.29, 0.717) is 18.9 Å². The summed E-state index contributed by atoms with van der Waals surface area (Å²) in [6, 6.07) is 0. The van der Waals surface area contributed by atoms with Crippen molar-refractivity contribution in [1.29, 1.82) is 0 Å². The number of nitrogens with zero attached hydrogens (tertiary/aromatic N) is 1. The number of hydrogen-bond acceptors (Lipinski definition) is 4. The first-order valence-corrected chi connectivity index (χ1v) is 8.11. The molecule has 4 nitrogen and oxygen atoms in total. The van der Waals surface area contributed by atoms with Crippen molar-refractivity contribution < 1.29 is 9.53 Å². The van der Waals surface area contributed by atoms with Gasteiger partial charge in [-0.05, 0) is 45.9 Å². The van der Waals surface area contributed by atoms with Crippen LogP contribution in [0.25, 0.3) is 0 Å². The zero-order valence-electron chi connectivity index (χ0n) is 13.9. The molecule has 0 aliphatic heterocycles. The number of esters is 1. The third-order valence-corrected chi connectivity index (χ3v) is 3.49. The third kappa shape index (κ3) is 12.4. The summed E-state index contributed by atoms with van der Waals surface area (Å²) >= 11 is 0. The first-order chi connectivity index (χ1) is 9.60. The van der Waals surface area contributed by atoms with Crippen LogP contribution < -0.4 is 5.32 Å². The van der Waals surface area contributed by atoms with Gasteiger partial charge in [0.25, 0.3) is 0 Å². The van der Waals surface area contributed by atoms with E-state index in [2.05, 4.69) is 38.2 Å². The van der Waals surface area contributed by atoms with Crippen molar-refractivity contribution in [2.45, 2.75) is 52.4 Å². The summed E-state index contributed by atoms with van der Waals surface area (Å²) in [5.74, 6) is 0.465. The zero-order valence-corrected chi connectivity index (χ0v) is 13.9. The highest BCUT2D eigenvalue weighted by Gasteiger charge is 2.09. The topological polar surface area (TPSA) is 41.6 Å². The van der Waals surface area contributed by atoms with Gasteiger partial charge in [-0.3, -0.25) is 4.79 Å². The Kier molecular flexibility index (Phi) is 13.0. The van der Waals surface area contributed by atoms with Crippen LogP contribution in [0.3, 0.4) is 0 Å². The summed E-state index contributed by atoms with van der Waals surface area (Å²) in [7, 11) is 4.14. The van der Waals surface area contributed by atoms with Gasteiger partial charge in [-0.15, -0.1) is 0 Å². The fraction of sp³-hybridized carbons (Fsp3) is 0.938. The lowest BCUT2D eigenvalue weighted by Gasteiger charge is -2.14. The molecule has 20 heavy (non-hydrogen) atoms. The molecule has 4 heteroatoms. The molecule has 0 heterocycles. The Morgan fingerprint density at radius 2 is 1.95 bits per heavy atom. The molecule has 1 atom stereocenters. The highest BCUT2D eigenvalue weighted by Crippen LogP contribution is 2.12. The van der Waals surface area contributed by atoms with Crippen LogP contribution >= 0.6 is 0 Å². The van der Waals surface area contributed by atoms with Crippen molar-refractivity contribution in [3.05, 3.63) is 0 Å². The van der Waals surface area contributed by atoms with Gasteiger partial charge in [-0.1, -0.05) is 33.1 Å². The van der Waals surface area contributed by atoms with Gasteiger partial charge < -0.3 is 15.0 Å². The first-order valence-electron chi connectivity index (χ1n) is 8.11. The van der Waals surface area contributed by atoms with Crippen LogP contribution in [0.15, 0.2) is 0 Å². The summed E-state index contributed by atoms with van der Waals surface area (Å²) in [4.78, 5) is 13.8. The zero-order chi connectivity index (χ0) is 15.2. The van der Waals surface area contributed by atoms with Crippen molar-refractivity contribution in [2.75, 3.05) is 40.3 Å². The van der Waals surface area contributed by atoms with E-state index in [1.165, 1.54) is 19.3 Å². The van der Waals surface area contributed by atoms with E-state index in [1.807, 2.05) is 0 Å². The second-order valence-electron chi connectivity index (χ2n) is 5.76. The Hall–Kier alpha value is -0.610. The SMILES string of the molecule is CCCCC(CC)COC(=O)CCNCCCN(C)C. The largest absolute Gasteiger partial charge is 0.465 e. The summed E-state index contributed by atoms with van der Waals surface area (Å²) in [5, 5.41) is 3.28. The van der Waals surface area contributed by atoms with Gasteiger partial charge in [0.15, 0.2) is 0 Å². The Bertz CT molecular complexity index is 233. The predicted octanol–water partition coefficient (Wildman–Crippen LogP) is 2.68. The van der Waals surface area contributed by atoms with Gasteiger partial charge >= 0.3 is 5.97 Å². The van der Waals surface area contributed by atoms with Crippen LogP contribution in [0.5, 0.6) is 0 Å². The second kappa shape index (κ2) is 13.4.